The lowest BCUT2D eigenvalue weighted by molar-refractivity contribution is -0.155. The van der Waals surface area contributed by atoms with Crippen LogP contribution in [0.15, 0.2) is 12.7 Å². The third kappa shape index (κ3) is 10.6. The highest BCUT2D eigenvalue weighted by atomic mass is 32.2. The first-order valence-electron chi connectivity index (χ1n) is 7.28. The van der Waals surface area contributed by atoms with E-state index in [0.717, 1.165) is 17.6 Å². The predicted octanol–water partition coefficient (Wildman–Crippen LogP) is 1.76. The Morgan fingerprint density at radius 3 is 2.48 bits per heavy atom. The van der Waals surface area contributed by atoms with Crippen molar-refractivity contribution in [3.05, 3.63) is 12.7 Å². The number of hydrogen-bond acceptors (Lipinski definition) is 7. The Balaban J connectivity index is 3.92. The fourth-order valence-corrected chi connectivity index (χ4v) is 1.74. The van der Waals surface area contributed by atoms with Crippen LogP contribution >= 0.6 is 11.8 Å². The first-order valence-corrected chi connectivity index (χ1v) is 8.43. The van der Waals surface area contributed by atoms with Gasteiger partial charge in [0.05, 0.1) is 12.0 Å². The average Bonchev–Trinajstić information content (AvgIpc) is 2.53. The van der Waals surface area contributed by atoms with E-state index < -0.39 is 23.4 Å². The Morgan fingerprint density at radius 1 is 1.17 bits per heavy atom. The highest BCUT2D eigenvalue weighted by molar-refractivity contribution is 7.99. The maximum Gasteiger partial charge on any atom is 0.407 e. The lowest BCUT2D eigenvalue weighted by atomic mass is 9.95. The number of esters is 2. The van der Waals surface area contributed by atoms with Crippen LogP contribution in [0, 0.1) is 5.41 Å². The van der Waals surface area contributed by atoms with Crippen LogP contribution in [-0.2, 0) is 23.8 Å². The zero-order valence-corrected chi connectivity index (χ0v) is 14.7. The second-order valence-corrected chi connectivity index (χ2v) is 6.49. The molecule has 0 aliphatic carbocycles. The van der Waals surface area contributed by atoms with Gasteiger partial charge >= 0.3 is 18.0 Å². The van der Waals surface area contributed by atoms with Crippen molar-refractivity contribution >= 4 is 29.8 Å². The standard InChI is InChI=1S/C15H25NO6S/c1-5-12(17)20-8-7-16-14(19)22-11-15(3,4)13(18)21-9-10-23-6-2/h5H,1,6-11H2,2-4H3,(H,16,19). The van der Waals surface area contributed by atoms with Gasteiger partial charge in [-0.05, 0) is 19.6 Å². The molecule has 0 aliphatic heterocycles. The number of thioether (sulfide) groups is 1. The maximum atomic E-state index is 11.9. The van der Waals surface area contributed by atoms with Gasteiger partial charge in [0.2, 0.25) is 0 Å². The Kier molecular flexibility index (Phi) is 10.9. The van der Waals surface area contributed by atoms with Crippen LogP contribution in [-0.4, -0.2) is 55.9 Å². The molecule has 1 N–H and O–H groups in total. The molecule has 132 valence electrons. The Morgan fingerprint density at radius 2 is 1.87 bits per heavy atom. The van der Waals surface area contributed by atoms with Crippen molar-refractivity contribution in [1.29, 1.82) is 0 Å². The number of amides is 1. The molecule has 0 unspecified atom stereocenters. The van der Waals surface area contributed by atoms with Crippen molar-refractivity contribution in [2.24, 2.45) is 5.41 Å². The number of hydrogen-bond donors (Lipinski definition) is 1. The minimum absolute atomic E-state index is 0.0144. The molecular formula is C15H25NO6S. The summed E-state index contributed by atoms with van der Waals surface area (Å²) in [7, 11) is 0. The van der Waals surface area contributed by atoms with Gasteiger partial charge in [-0.3, -0.25) is 4.79 Å². The van der Waals surface area contributed by atoms with Gasteiger partial charge in [-0.1, -0.05) is 13.5 Å². The number of carbonyl (C=O) groups is 3. The first kappa shape index (κ1) is 21.3. The summed E-state index contributed by atoms with van der Waals surface area (Å²) in [5.74, 6) is 0.724. The van der Waals surface area contributed by atoms with Crippen LogP contribution in [0.3, 0.4) is 0 Å². The Bertz CT molecular complexity index is 411. The molecule has 0 bridgehead atoms. The maximum absolute atomic E-state index is 11.9. The topological polar surface area (TPSA) is 90.9 Å². The average molecular weight is 347 g/mol. The summed E-state index contributed by atoms with van der Waals surface area (Å²) in [6, 6.07) is 0. The van der Waals surface area contributed by atoms with Crippen LogP contribution in [0.2, 0.25) is 0 Å². The molecule has 0 atom stereocenters. The second-order valence-electron chi connectivity index (χ2n) is 5.09. The van der Waals surface area contributed by atoms with Gasteiger partial charge in [0.15, 0.2) is 0 Å². The van der Waals surface area contributed by atoms with Gasteiger partial charge < -0.3 is 19.5 Å². The second kappa shape index (κ2) is 11.8. The zero-order chi connectivity index (χ0) is 17.7. The molecular weight excluding hydrogens is 322 g/mol. The molecule has 0 aromatic heterocycles. The normalized spacial score (nSPS) is 10.6. The van der Waals surface area contributed by atoms with Gasteiger partial charge in [-0.2, -0.15) is 11.8 Å². The van der Waals surface area contributed by atoms with Crippen LogP contribution in [0.4, 0.5) is 4.79 Å². The summed E-state index contributed by atoms with van der Waals surface area (Å²) in [4.78, 5) is 34.2. The minimum atomic E-state index is -0.927. The summed E-state index contributed by atoms with van der Waals surface area (Å²) in [5, 5.41) is 2.41. The van der Waals surface area contributed by atoms with Crippen molar-refractivity contribution < 1.29 is 28.6 Å². The number of alkyl carbamates (subject to hydrolysis) is 1. The van der Waals surface area contributed by atoms with E-state index in [0.29, 0.717) is 6.61 Å². The van der Waals surface area contributed by atoms with Gasteiger partial charge in [-0.25, -0.2) is 9.59 Å². The summed E-state index contributed by atoms with van der Waals surface area (Å²) >= 11 is 1.68. The third-order valence-corrected chi connectivity index (χ3v) is 3.43. The molecule has 7 nitrogen and oxygen atoms in total. The molecule has 23 heavy (non-hydrogen) atoms. The van der Waals surface area contributed by atoms with E-state index in [4.69, 9.17) is 9.47 Å². The summed E-state index contributed by atoms with van der Waals surface area (Å²) in [6.07, 6.45) is 0.341. The predicted molar refractivity (Wildman–Crippen MR) is 88.2 cm³/mol. The quantitative estimate of drug-likeness (QED) is 0.263. The molecule has 0 aromatic rings. The van der Waals surface area contributed by atoms with E-state index in [1.807, 2.05) is 6.92 Å². The number of carbonyl (C=O) groups excluding carboxylic acids is 3. The molecule has 0 saturated carbocycles. The van der Waals surface area contributed by atoms with Crippen LogP contribution in [0.5, 0.6) is 0 Å². The Hall–Kier alpha value is -1.70. The zero-order valence-electron chi connectivity index (χ0n) is 13.9. The number of ether oxygens (including phenoxy) is 3. The highest BCUT2D eigenvalue weighted by Crippen LogP contribution is 2.18. The molecule has 0 fully saturated rings. The third-order valence-electron chi connectivity index (χ3n) is 2.56. The van der Waals surface area contributed by atoms with Gasteiger partial charge in [0.1, 0.15) is 19.8 Å². The molecule has 0 radical (unpaired) electrons. The monoisotopic (exact) mass is 347 g/mol. The van der Waals surface area contributed by atoms with Crippen molar-refractivity contribution in [3.8, 4) is 0 Å². The molecule has 0 spiro atoms. The Labute approximate surface area is 141 Å². The molecule has 0 rings (SSSR count). The lowest BCUT2D eigenvalue weighted by Gasteiger charge is -2.22. The SMILES string of the molecule is C=CC(=O)OCCNC(=O)OCC(C)(C)C(=O)OCCSCC. The smallest absolute Gasteiger partial charge is 0.407 e. The largest absolute Gasteiger partial charge is 0.464 e. The van der Waals surface area contributed by atoms with Crippen molar-refractivity contribution in [3.63, 3.8) is 0 Å². The van der Waals surface area contributed by atoms with E-state index in [-0.39, 0.29) is 19.8 Å². The fraction of sp³-hybridized carbons (Fsp3) is 0.667. The fourth-order valence-electron chi connectivity index (χ4n) is 1.25. The lowest BCUT2D eigenvalue weighted by Crippen LogP contribution is -2.36. The van der Waals surface area contributed by atoms with Gasteiger partial charge in [0.25, 0.3) is 0 Å². The van der Waals surface area contributed by atoms with E-state index in [1.54, 1.807) is 25.6 Å². The van der Waals surface area contributed by atoms with E-state index in [1.165, 1.54) is 0 Å². The van der Waals surface area contributed by atoms with Gasteiger partial charge in [0, 0.05) is 11.8 Å². The molecule has 1 amide bonds. The van der Waals surface area contributed by atoms with Crippen molar-refractivity contribution in [1.82, 2.24) is 5.32 Å². The van der Waals surface area contributed by atoms with E-state index in [9.17, 15) is 14.4 Å². The van der Waals surface area contributed by atoms with Crippen molar-refractivity contribution in [2.45, 2.75) is 20.8 Å². The minimum Gasteiger partial charge on any atom is -0.464 e. The van der Waals surface area contributed by atoms with Crippen molar-refractivity contribution in [2.75, 3.05) is 37.9 Å². The van der Waals surface area contributed by atoms with E-state index in [2.05, 4.69) is 16.6 Å². The molecule has 0 aliphatic rings. The molecule has 0 saturated heterocycles. The molecule has 8 heteroatoms. The summed E-state index contributed by atoms with van der Waals surface area (Å²) in [5.41, 5.74) is -0.927. The summed E-state index contributed by atoms with van der Waals surface area (Å²) in [6.45, 7) is 8.91. The van der Waals surface area contributed by atoms with Crippen LogP contribution in [0.25, 0.3) is 0 Å². The van der Waals surface area contributed by atoms with Crippen LogP contribution in [0.1, 0.15) is 20.8 Å². The molecule has 0 aromatic carbocycles. The first-order chi connectivity index (χ1) is 10.8. The summed E-state index contributed by atoms with van der Waals surface area (Å²) < 4.78 is 14.8. The highest BCUT2D eigenvalue weighted by Gasteiger charge is 2.31. The van der Waals surface area contributed by atoms with E-state index >= 15 is 0 Å². The molecule has 0 heterocycles. The van der Waals surface area contributed by atoms with Gasteiger partial charge in [-0.15, -0.1) is 0 Å². The number of rotatable bonds is 11. The number of nitrogens with one attached hydrogen (secondary N) is 1. The van der Waals surface area contributed by atoms with Crippen LogP contribution < -0.4 is 5.32 Å².